The first-order valence-corrected chi connectivity index (χ1v) is 12.3. The summed E-state index contributed by atoms with van der Waals surface area (Å²) in [5, 5.41) is 9.23. The number of carbonyl (C=O) groups is 1. The number of carboxylic acids is 1. The van der Waals surface area contributed by atoms with Gasteiger partial charge in [0.25, 0.3) is 0 Å². The molecule has 4 rings (SSSR count). The molecule has 1 aliphatic carbocycles. The van der Waals surface area contributed by atoms with E-state index in [2.05, 4.69) is 0 Å². The van der Waals surface area contributed by atoms with Crippen LogP contribution in [-0.4, -0.2) is 35.7 Å². The molecule has 1 saturated carbocycles. The van der Waals surface area contributed by atoms with E-state index < -0.39 is 29.4 Å². The molecule has 0 radical (unpaired) electrons. The van der Waals surface area contributed by atoms with Crippen molar-refractivity contribution in [3.05, 3.63) is 64.7 Å². The number of likely N-dealkylation sites (tertiary alicyclic amines) is 1. The SMILES string of the molecule is O=C(O)CC(c1cccc(OCCC2CCN(Cc3cc(C(F)(F)F)ccc3C(F)(F)F)C2)c1)C1CC1. The van der Waals surface area contributed by atoms with Crippen molar-refractivity contribution in [2.75, 3.05) is 19.7 Å². The lowest BCUT2D eigenvalue weighted by molar-refractivity contribution is -0.142. The van der Waals surface area contributed by atoms with Gasteiger partial charge in [0, 0.05) is 13.1 Å². The zero-order valence-corrected chi connectivity index (χ0v) is 20.1. The molecule has 37 heavy (non-hydrogen) atoms. The summed E-state index contributed by atoms with van der Waals surface area (Å²) in [6.45, 7) is 1.14. The maximum Gasteiger partial charge on any atom is 0.416 e. The Bertz CT molecular complexity index is 1100. The number of hydrogen-bond acceptors (Lipinski definition) is 3. The minimum absolute atomic E-state index is 0.0399. The number of carboxylic acid groups (broad SMARTS) is 1. The number of hydrogen-bond donors (Lipinski definition) is 1. The molecule has 202 valence electrons. The highest BCUT2D eigenvalue weighted by Gasteiger charge is 2.38. The Morgan fingerprint density at radius 3 is 2.43 bits per heavy atom. The van der Waals surface area contributed by atoms with Crippen LogP contribution in [0.1, 0.15) is 60.3 Å². The molecule has 4 nitrogen and oxygen atoms in total. The fourth-order valence-corrected chi connectivity index (χ4v) is 5.13. The van der Waals surface area contributed by atoms with Crippen LogP contribution in [0.2, 0.25) is 0 Å². The first-order valence-electron chi connectivity index (χ1n) is 12.3. The Morgan fingerprint density at radius 1 is 1.03 bits per heavy atom. The lowest BCUT2D eigenvalue weighted by Gasteiger charge is -2.21. The summed E-state index contributed by atoms with van der Waals surface area (Å²) < 4.78 is 85.3. The van der Waals surface area contributed by atoms with Gasteiger partial charge in [0.05, 0.1) is 24.2 Å². The minimum Gasteiger partial charge on any atom is -0.494 e. The van der Waals surface area contributed by atoms with E-state index in [0.717, 1.165) is 18.4 Å². The van der Waals surface area contributed by atoms with Crippen molar-refractivity contribution in [3.8, 4) is 5.75 Å². The van der Waals surface area contributed by atoms with Crippen LogP contribution in [0.25, 0.3) is 0 Å². The second kappa shape index (κ2) is 10.9. The molecule has 2 fully saturated rings. The standard InChI is InChI=1S/C27H29F6NO3/c28-26(29,30)21-6-7-24(27(31,32)33)20(12-21)16-34-10-8-17(15-34)9-11-37-22-3-1-2-19(13-22)23(14-25(35)36)18-4-5-18/h1-3,6-7,12-13,17-18,23H,4-5,8-11,14-16H2,(H,35,36). The number of benzene rings is 2. The van der Waals surface area contributed by atoms with E-state index in [1.54, 1.807) is 4.90 Å². The maximum atomic E-state index is 13.4. The number of nitrogens with zero attached hydrogens (tertiary/aromatic N) is 1. The molecule has 1 heterocycles. The Balaban J connectivity index is 1.32. The molecule has 2 atom stereocenters. The average Bonchev–Trinajstić information content (AvgIpc) is 3.56. The third kappa shape index (κ3) is 7.40. The van der Waals surface area contributed by atoms with Crippen molar-refractivity contribution in [1.29, 1.82) is 0 Å². The lowest BCUT2D eigenvalue weighted by Crippen LogP contribution is -2.23. The fourth-order valence-electron chi connectivity index (χ4n) is 5.13. The number of halogens is 6. The first-order chi connectivity index (χ1) is 17.4. The summed E-state index contributed by atoms with van der Waals surface area (Å²) >= 11 is 0. The first kappa shape index (κ1) is 27.3. The summed E-state index contributed by atoms with van der Waals surface area (Å²) in [7, 11) is 0. The van der Waals surface area contributed by atoms with Crippen LogP contribution < -0.4 is 4.74 Å². The van der Waals surface area contributed by atoms with Crippen molar-refractivity contribution in [3.63, 3.8) is 0 Å². The smallest absolute Gasteiger partial charge is 0.416 e. The third-order valence-corrected chi connectivity index (χ3v) is 7.17. The van der Waals surface area contributed by atoms with E-state index in [4.69, 9.17) is 4.74 Å². The van der Waals surface area contributed by atoms with Gasteiger partial charge in [0.1, 0.15) is 5.75 Å². The van der Waals surface area contributed by atoms with Gasteiger partial charge in [-0.2, -0.15) is 26.3 Å². The minimum atomic E-state index is -4.73. The van der Waals surface area contributed by atoms with Crippen LogP contribution in [0.15, 0.2) is 42.5 Å². The molecule has 2 aromatic carbocycles. The molecule has 1 saturated heterocycles. The molecule has 1 aliphatic heterocycles. The predicted octanol–water partition coefficient (Wildman–Crippen LogP) is 6.98. The van der Waals surface area contributed by atoms with E-state index in [0.29, 0.717) is 62.4 Å². The highest BCUT2D eigenvalue weighted by Crippen LogP contribution is 2.45. The molecule has 0 bridgehead atoms. The molecule has 0 amide bonds. The van der Waals surface area contributed by atoms with Crippen LogP contribution in [0.3, 0.4) is 0 Å². The Morgan fingerprint density at radius 2 is 1.78 bits per heavy atom. The van der Waals surface area contributed by atoms with Crippen molar-refractivity contribution in [2.24, 2.45) is 11.8 Å². The molecule has 10 heteroatoms. The van der Waals surface area contributed by atoms with Gasteiger partial charge in [-0.15, -0.1) is 0 Å². The zero-order valence-electron chi connectivity index (χ0n) is 20.1. The normalized spacial score (nSPS) is 19.7. The molecular weight excluding hydrogens is 500 g/mol. The van der Waals surface area contributed by atoms with E-state index in [1.165, 1.54) is 0 Å². The topological polar surface area (TPSA) is 49.8 Å². The van der Waals surface area contributed by atoms with E-state index in [-0.39, 0.29) is 30.4 Å². The average molecular weight is 530 g/mol. The number of alkyl halides is 6. The van der Waals surface area contributed by atoms with Crippen molar-refractivity contribution in [2.45, 2.75) is 56.9 Å². The van der Waals surface area contributed by atoms with Crippen LogP contribution in [0, 0.1) is 11.8 Å². The molecule has 0 aromatic heterocycles. The highest BCUT2D eigenvalue weighted by molar-refractivity contribution is 5.68. The quantitative estimate of drug-likeness (QED) is 0.337. The monoisotopic (exact) mass is 529 g/mol. The van der Waals surface area contributed by atoms with E-state index in [1.807, 2.05) is 24.3 Å². The Hall–Kier alpha value is -2.75. The van der Waals surface area contributed by atoms with Gasteiger partial charge < -0.3 is 9.84 Å². The number of aliphatic carboxylic acids is 1. The fraction of sp³-hybridized carbons (Fsp3) is 0.519. The second-order valence-electron chi connectivity index (χ2n) is 10.0. The van der Waals surface area contributed by atoms with Gasteiger partial charge in [-0.05, 0) is 91.4 Å². The van der Waals surface area contributed by atoms with Crippen molar-refractivity contribution in [1.82, 2.24) is 4.90 Å². The van der Waals surface area contributed by atoms with Crippen LogP contribution in [0.5, 0.6) is 5.75 Å². The predicted molar refractivity (Wildman–Crippen MR) is 124 cm³/mol. The zero-order chi connectivity index (χ0) is 26.8. The summed E-state index contributed by atoms with van der Waals surface area (Å²) in [6, 6.07) is 9.02. The molecular formula is C27H29F6NO3. The third-order valence-electron chi connectivity index (χ3n) is 7.17. The second-order valence-corrected chi connectivity index (χ2v) is 10.0. The molecule has 0 spiro atoms. The Labute approximate surface area is 211 Å². The van der Waals surface area contributed by atoms with Crippen LogP contribution in [-0.2, 0) is 23.7 Å². The number of rotatable bonds is 10. The van der Waals surface area contributed by atoms with Gasteiger partial charge in [0.2, 0.25) is 0 Å². The van der Waals surface area contributed by atoms with Gasteiger partial charge in [0.15, 0.2) is 0 Å². The molecule has 2 aliphatic rings. The van der Waals surface area contributed by atoms with Gasteiger partial charge in [-0.1, -0.05) is 12.1 Å². The summed E-state index contributed by atoms with van der Waals surface area (Å²) in [4.78, 5) is 13.0. The molecule has 1 N–H and O–H groups in total. The summed E-state index contributed by atoms with van der Waals surface area (Å²) in [5.74, 6) is 0.297. The lowest BCUT2D eigenvalue weighted by atomic mass is 9.91. The van der Waals surface area contributed by atoms with Gasteiger partial charge >= 0.3 is 18.3 Å². The van der Waals surface area contributed by atoms with Gasteiger partial charge in [-0.25, -0.2) is 0 Å². The van der Waals surface area contributed by atoms with Crippen molar-refractivity contribution < 1.29 is 41.0 Å². The molecule has 2 aromatic rings. The number of ether oxygens (including phenoxy) is 1. The molecule has 2 unspecified atom stereocenters. The van der Waals surface area contributed by atoms with E-state index >= 15 is 0 Å². The maximum absolute atomic E-state index is 13.4. The Kier molecular flexibility index (Phi) is 8.06. The van der Waals surface area contributed by atoms with E-state index in [9.17, 15) is 36.2 Å². The largest absolute Gasteiger partial charge is 0.494 e. The summed E-state index contributed by atoms with van der Waals surface area (Å²) in [5.41, 5.74) is -1.56. The highest BCUT2D eigenvalue weighted by atomic mass is 19.4. The van der Waals surface area contributed by atoms with Crippen molar-refractivity contribution >= 4 is 5.97 Å². The van der Waals surface area contributed by atoms with Gasteiger partial charge in [-0.3, -0.25) is 9.69 Å². The summed E-state index contributed by atoms with van der Waals surface area (Å²) in [6.07, 6.45) is -5.97. The van der Waals surface area contributed by atoms with Crippen LogP contribution in [0.4, 0.5) is 26.3 Å². The van der Waals surface area contributed by atoms with Crippen LogP contribution >= 0.6 is 0 Å².